The van der Waals surface area contributed by atoms with Gasteiger partial charge < -0.3 is 30.9 Å². The molecule has 0 amide bonds. The molecule has 0 aliphatic carbocycles. The van der Waals surface area contributed by atoms with Crippen LogP contribution < -0.4 is 21.7 Å². The van der Waals surface area contributed by atoms with E-state index in [1.54, 1.807) is 36.4 Å². The monoisotopic (exact) mass is 491 g/mol. The van der Waals surface area contributed by atoms with Crippen molar-refractivity contribution < 1.29 is 44.5 Å². The predicted molar refractivity (Wildman–Crippen MR) is 108 cm³/mol. The molecule has 2 unspecified atom stereocenters. The highest BCUT2D eigenvalue weighted by Crippen LogP contribution is 2.52. The minimum Gasteiger partial charge on any atom is -1.00 e. The van der Waals surface area contributed by atoms with Gasteiger partial charge in [-0.2, -0.15) is 0 Å². The van der Waals surface area contributed by atoms with Gasteiger partial charge in [0, 0.05) is 24.0 Å². The van der Waals surface area contributed by atoms with Crippen LogP contribution in [0.3, 0.4) is 0 Å². The Labute approximate surface area is 190 Å². The van der Waals surface area contributed by atoms with E-state index < -0.39 is 23.9 Å². The fourth-order valence-electron chi connectivity index (χ4n) is 5.19. The summed E-state index contributed by atoms with van der Waals surface area (Å²) < 4.78 is 42.2. The van der Waals surface area contributed by atoms with Crippen LogP contribution in [0.25, 0.3) is 0 Å². The number of ether oxygens (including phenoxy) is 2. The van der Waals surface area contributed by atoms with Gasteiger partial charge in [0.2, 0.25) is 0 Å². The molecule has 1 saturated heterocycles. The number of carbonyl (C=O) groups excluding carboxylic acids is 1. The molecule has 3 aliphatic rings. The highest BCUT2D eigenvalue weighted by Gasteiger charge is 2.58. The van der Waals surface area contributed by atoms with Crippen LogP contribution in [-0.2, 0) is 14.9 Å². The molecule has 3 aliphatic heterocycles. The number of hydrogen-bond acceptors (Lipinski definition) is 3. The molecule has 2 aromatic carbocycles. The maximum absolute atomic E-state index is 14.9. The normalized spacial score (nSPS) is 26.3. The van der Waals surface area contributed by atoms with Crippen molar-refractivity contribution in [1.82, 2.24) is 0 Å². The van der Waals surface area contributed by atoms with E-state index >= 15 is 0 Å². The van der Waals surface area contributed by atoms with E-state index in [4.69, 9.17) is 9.47 Å². The van der Waals surface area contributed by atoms with E-state index in [0.29, 0.717) is 12.8 Å². The zero-order valence-corrected chi connectivity index (χ0v) is 18.9. The second-order valence-electron chi connectivity index (χ2n) is 8.85. The van der Waals surface area contributed by atoms with Gasteiger partial charge in [-0.3, -0.25) is 4.79 Å². The van der Waals surface area contributed by atoms with E-state index in [9.17, 15) is 13.6 Å². The number of hydrogen-bond donors (Lipinski definition) is 0. The van der Waals surface area contributed by atoms with Crippen molar-refractivity contribution in [2.75, 3.05) is 14.1 Å². The number of halogens is 3. The molecule has 2 aromatic rings. The number of benzene rings is 2. The summed E-state index contributed by atoms with van der Waals surface area (Å²) in [7, 11) is 4.30. The average molecular weight is 492 g/mol. The Hall–Kier alpha value is -2.25. The number of fused-ring (bicyclic) bond motifs is 4. The minimum atomic E-state index is -2.98. The number of quaternary nitrogens is 1. The average Bonchev–Trinajstić information content (AvgIpc) is 2.88. The number of carbonyl (C=O) groups is 1. The quantitative estimate of drug-likeness (QED) is 0.370. The minimum absolute atomic E-state index is 0. The van der Waals surface area contributed by atoms with Crippen LogP contribution in [-0.4, -0.2) is 49.2 Å². The first-order valence-corrected chi connectivity index (χ1v) is 10.2. The van der Waals surface area contributed by atoms with Crippen molar-refractivity contribution in [2.24, 2.45) is 0 Å². The molecular weight excluding hydrogens is 468 g/mol. The number of rotatable bonds is 3. The van der Waals surface area contributed by atoms with Gasteiger partial charge in [-0.15, -0.1) is 0 Å². The van der Waals surface area contributed by atoms with Crippen LogP contribution in [0.5, 0.6) is 11.5 Å². The topological polar surface area (TPSA) is 35.5 Å². The van der Waals surface area contributed by atoms with E-state index in [1.807, 2.05) is 0 Å². The fraction of sp³-hybridized carbons (Fsp3) is 0.375. The largest absolute Gasteiger partial charge is 1.00 e. The van der Waals surface area contributed by atoms with E-state index in [-0.39, 0.29) is 51.7 Å². The Balaban J connectivity index is 0.00000231. The van der Waals surface area contributed by atoms with Crippen LogP contribution >= 0.6 is 0 Å². The summed E-state index contributed by atoms with van der Waals surface area (Å²) in [5.41, 5.74) is -1.91. The van der Waals surface area contributed by atoms with Crippen molar-refractivity contribution in [1.29, 1.82) is 0 Å². The van der Waals surface area contributed by atoms with Gasteiger partial charge in [-0.1, -0.05) is 36.4 Å². The summed E-state index contributed by atoms with van der Waals surface area (Å²) in [6, 6.07) is 13.4. The number of nitrogens with zero attached hydrogens (tertiary/aromatic N) is 1. The lowest BCUT2D eigenvalue weighted by Crippen LogP contribution is -3.00. The lowest BCUT2D eigenvalue weighted by Gasteiger charge is -2.45. The maximum atomic E-state index is 14.9. The number of alkyl halides is 2. The third-order valence-corrected chi connectivity index (χ3v) is 7.04. The van der Waals surface area contributed by atoms with Crippen molar-refractivity contribution in [2.45, 2.75) is 42.9 Å². The Morgan fingerprint density at radius 1 is 1.00 bits per heavy atom. The summed E-state index contributed by atoms with van der Waals surface area (Å²) in [6.07, 6.45) is 2.18. The first kappa shape index (κ1) is 22.0. The molecule has 3 atom stereocenters. The molecule has 0 N–H and O–H groups in total. The number of esters is 1. The van der Waals surface area contributed by atoms with Crippen LogP contribution in [0, 0.1) is 0 Å². The lowest BCUT2D eigenvalue weighted by molar-refractivity contribution is -0.926. The predicted octanol–water partition coefficient (Wildman–Crippen LogP) is 1.44. The first-order valence-electron chi connectivity index (χ1n) is 10.2. The summed E-state index contributed by atoms with van der Waals surface area (Å²) in [5.74, 6) is -0.384. The highest BCUT2D eigenvalue weighted by molar-refractivity contribution is 5.91. The van der Waals surface area contributed by atoms with Crippen molar-refractivity contribution in [3.63, 3.8) is 0 Å². The van der Waals surface area contributed by atoms with Gasteiger partial charge in [0.15, 0.2) is 5.41 Å². The van der Waals surface area contributed by atoms with E-state index in [2.05, 4.69) is 26.2 Å². The summed E-state index contributed by atoms with van der Waals surface area (Å²) >= 11 is 0. The molecule has 31 heavy (non-hydrogen) atoms. The number of piperidine rings is 1. The summed E-state index contributed by atoms with van der Waals surface area (Å²) in [4.78, 5) is 13.6. The maximum Gasteiger partial charge on any atom is 0.327 e. The summed E-state index contributed by atoms with van der Waals surface area (Å²) in [6.45, 7) is 0. The second-order valence-corrected chi connectivity index (χ2v) is 8.85. The molecule has 164 valence electrons. The van der Waals surface area contributed by atoms with Gasteiger partial charge in [-0.25, -0.2) is 8.78 Å². The zero-order chi connectivity index (χ0) is 21.1. The molecule has 2 bridgehead atoms. The zero-order valence-electron chi connectivity index (χ0n) is 17.3. The van der Waals surface area contributed by atoms with Gasteiger partial charge in [-0.05, 0) is 24.3 Å². The smallest absolute Gasteiger partial charge is 0.327 e. The van der Waals surface area contributed by atoms with Crippen molar-refractivity contribution in [3.05, 3.63) is 71.8 Å². The van der Waals surface area contributed by atoms with Crippen LogP contribution in [0.2, 0.25) is 0 Å². The van der Waals surface area contributed by atoms with Crippen LogP contribution in [0.1, 0.15) is 24.0 Å². The molecule has 3 heterocycles. The van der Waals surface area contributed by atoms with E-state index in [1.165, 1.54) is 12.1 Å². The number of likely N-dealkylation sites (N-methyl/N-ethyl adjacent to an activating group) is 1. The molecule has 4 nitrogen and oxygen atoms in total. The first-order chi connectivity index (χ1) is 14.3. The standard InChI is InChI=1S/C24H24F2NO3.BrH/c1-27(2)15-11-12-16(27)14-17(13-15)29-23(28)24(22(25)26)18-7-3-5-9-20(18)30-21-10-6-4-8-19(21)24;/h3-12,15-17,22H,13-14H2,1-2H3;1H/q+1;/p-1/t15-,16?,17?;/m1./s1. The molecular formula is C24H24BrF2NO3. The number of para-hydroxylation sites is 2. The van der Waals surface area contributed by atoms with Gasteiger partial charge in [0.1, 0.15) is 29.7 Å². The third kappa shape index (κ3) is 3.12. The Morgan fingerprint density at radius 3 is 1.97 bits per heavy atom. The molecule has 0 aromatic heterocycles. The Bertz CT molecular complexity index is 975. The molecule has 0 spiro atoms. The third-order valence-electron chi connectivity index (χ3n) is 7.04. The molecule has 7 heteroatoms. The van der Waals surface area contributed by atoms with Crippen LogP contribution in [0.15, 0.2) is 60.7 Å². The molecule has 0 saturated carbocycles. The molecule has 0 radical (unpaired) electrons. The second kappa shape index (κ2) is 7.71. The van der Waals surface area contributed by atoms with Crippen LogP contribution in [0.4, 0.5) is 8.78 Å². The van der Waals surface area contributed by atoms with Crippen molar-refractivity contribution >= 4 is 5.97 Å². The molecule has 1 fully saturated rings. The van der Waals surface area contributed by atoms with Crippen molar-refractivity contribution in [3.8, 4) is 11.5 Å². The summed E-state index contributed by atoms with van der Waals surface area (Å²) in [5, 5.41) is 0. The van der Waals surface area contributed by atoms with Gasteiger partial charge in [0.25, 0.3) is 6.43 Å². The fourth-order valence-corrected chi connectivity index (χ4v) is 5.19. The highest BCUT2D eigenvalue weighted by atomic mass is 79.9. The Morgan fingerprint density at radius 2 is 1.48 bits per heavy atom. The molecule has 5 rings (SSSR count). The lowest BCUT2D eigenvalue weighted by atomic mass is 9.72. The van der Waals surface area contributed by atoms with Gasteiger partial charge >= 0.3 is 5.97 Å². The van der Waals surface area contributed by atoms with E-state index in [0.717, 1.165) is 4.48 Å². The SMILES string of the molecule is C[N+]1(C)C2C=C[C@@H]1CC(OC(=O)C1(C(F)F)c3ccccc3Oc3ccccc31)C2.[Br-]. The van der Waals surface area contributed by atoms with Gasteiger partial charge in [0.05, 0.1) is 14.1 Å². The Kier molecular flexibility index (Phi) is 5.46.